The maximum Gasteiger partial charge on any atom is 0.315 e. The number of urea groups is 1. The molecule has 27 heavy (non-hydrogen) atoms. The number of halogens is 1. The van der Waals surface area contributed by atoms with Crippen molar-refractivity contribution in [2.45, 2.75) is 52.1 Å². The molecule has 0 spiro atoms. The van der Waals surface area contributed by atoms with Gasteiger partial charge in [-0.25, -0.2) is 9.18 Å². The number of nitrogens with zero attached hydrogens (tertiary/aromatic N) is 1. The maximum atomic E-state index is 13.4. The fraction of sp³-hybridized carbons (Fsp3) is 0.600. The van der Waals surface area contributed by atoms with Crippen LogP contribution in [-0.4, -0.2) is 50.2 Å². The lowest BCUT2D eigenvalue weighted by atomic mass is 10.2. The third kappa shape index (κ3) is 6.50. The minimum absolute atomic E-state index is 0.0800. The Hall–Kier alpha value is -2.15. The number of benzene rings is 1. The van der Waals surface area contributed by atoms with E-state index in [1.165, 1.54) is 17.0 Å². The lowest BCUT2D eigenvalue weighted by Crippen LogP contribution is -3.11. The highest BCUT2D eigenvalue weighted by molar-refractivity contribution is 5.96. The third-order valence-electron chi connectivity index (χ3n) is 5.13. The number of hydrogen-bond acceptors (Lipinski definition) is 2. The summed E-state index contributed by atoms with van der Waals surface area (Å²) in [6.07, 6.45) is 2.22. The van der Waals surface area contributed by atoms with Crippen LogP contribution in [0.4, 0.5) is 14.9 Å². The molecule has 0 aliphatic carbocycles. The van der Waals surface area contributed by atoms with Gasteiger partial charge in [-0.15, -0.1) is 0 Å². The SMILES string of the molecule is CC[NH+](CC)CCC[C@H](C)NC(=O)N[C@@H]1CC(=O)N(c2cccc(F)c2)C1. The highest BCUT2D eigenvalue weighted by atomic mass is 19.1. The summed E-state index contributed by atoms with van der Waals surface area (Å²) in [5.74, 6) is -0.490. The van der Waals surface area contributed by atoms with E-state index >= 15 is 0 Å². The molecule has 0 aromatic heterocycles. The van der Waals surface area contributed by atoms with Crippen LogP contribution in [0.1, 0.15) is 40.0 Å². The van der Waals surface area contributed by atoms with E-state index in [2.05, 4.69) is 24.5 Å². The molecular formula is C20H32FN4O2+. The van der Waals surface area contributed by atoms with Crippen LogP contribution < -0.4 is 20.4 Å². The average Bonchev–Trinajstić information content (AvgIpc) is 2.98. The molecule has 0 radical (unpaired) electrons. The van der Waals surface area contributed by atoms with Crippen molar-refractivity contribution in [1.82, 2.24) is 10.6 Å². The molecule has 3 amide bonds. The van der Waals surface area contributed by atoms with Gasteiger partial charge in [0.05, 0.1) is 25.7 Å². The van der Waals surface area contributed by atoms with Gasteiger partial charge in [-0.1, -0.05) is 6.07 Å². The van der Waals surface area contributed by atoms with Crippen LogP contribution in [-0.2, 0) is 4.79 Å². The minimum Gasteiger partial charge on any atom is -0.336 e. The van der Waals surface area contributed by atoms with Gasteiger partial charge >= 0.3 is 6.03 Å². The summed E-state index contributed by atoms with van der Waals surface area (Å²) in [6.45, 7) is 10.1. The lowest BCUT2D eigenvalue weighted by molar-refractivity contribution is -0.896. The summed E-state index contributed by atoms with van der Waals surface area (Å²) in [4.78, 5) is 27.5. The number of amides is 3. The van der Waals surface area contributed by atoms with Gasteiger partial charge in [-0.3, -0.25) is 4.79 Å². The Bertz CT molecular complexity index is 636. The Labute approximate surface area is 161 Å². The van der Waals surface area contributed by atoms with Crippen molar-refractivity contribution in [3.63, 3.8) is 0 Å². The Morgan fingerprint density at radius 3 is 2.78 bits per heavy atom. The predicted octanol–water partition coefficient (Wildman–Crippen LogP) is 1.32. The van der Waals surface area contributed by atoms with Crippen molar-refractivity contribution in [3.8, 4) is 0 Å². The standard InChI is InChI=1S/C20H31FN4O2/c1-4-24(5-2)11-7-8-15(3)22-20(27)23-17-13-19(26)25(14-17)18-10-6-9-16(21)12-18/h6,9-10,12,15,17H,4-5,7-8,11,13-14H2,1-3H3,(H2,22,23,27)/p+1/t15-,17+/m0/s1. The highest BCUT2D eigenvalue weighted by Gasteiger charge is 2.31. The van der Waals surface area contributed by atoms with Gasteiger partial charge in [0, 0.05) is 24.7 Å². The zero-order valence-corrected chi connectivity index (χ0v) is 16.6. The van der Waals surface area contributed by atoms with Gasteiger partial charge in [-0.2, -0.15) is 0 Å². The molecular weight excluding hydrogens is 347 g/mol. The first kappa shape index (κ1) is 21.2. The van der Waals surface area contributed by atoms with Crippen LogP contribution in [0.25, 0.3) is 0 Å². The third-order valence-corrected chi connectivity index (χ3v) is 5.13. The first-order valence-corrected chi connectivity index (χ1v) is 9.89. The fourth-order valence-corrected chi connectivity index (χ4v) is 3.48. The Kier molecular flexibility index (Phi) is 8.03. The number of carbonyl (C=O) groups excluding carboxylic acids is 2. The molecule has 2 atom stereocenters. The molecule has 150 valence electrons. The number of rotatable bonds is 9. The second-order valence-corrected chi connectivity index (χ2v) is 7.25. The quantitative estimate of drug-likeness (QED) is 0.606. The van der Waals surface area contributed by atoms with Crippen molar-refractivity contribution in [3.05, 3.63) is 30.1 Å². The maximum absolute atomic E-state index is 13.4. The van der Waals surface area contributed by atoms with Gasteiger partial charge in [-0.05, 0) is 51.8 Å². The van der Waals surface area contributed by atoms with Gasteiger partial charge in [0.1, 0.15) is 5.82 Å². The largest absolute Gasteiger partial charge is 0.336 e. The number of nitrogens with one attached hydrogen (secondary N) is 3. The summed E-state index contributed by atoms with van der Waals surface area (Å²) < 4.78 is 13.4. The Morgan fingerprint density at radius 2 is 2.11 bits per heavy atom. The van der Waals surface area contributed by atoms with Gasteiger partial charge in [0.25, 0.3) is 0 Å². The van der Waals surface area contributed by atoms with E-state index in [-0.39, 0.29) is 36.3 Å². The van der Waals surface area contributed by atoms with Crippen LogP contribution in [0.5, 0.6) is 0 Å². The molecule has 6 nitrogen and oxygen atoms in total. The second kappa shape index (κ2) is 10.3. The number of anilines is 1. The first-order valence-electron chi connectivity index (χ1n) is 9.89. The van der Waals surface area contributed by atoms with E-state index in [4.69, 9.17) is 0 Å². The lowest BCUT2D eigenvalue weighted by Gasteiger charge is -2.20. The molecule has 0 unspecified atom stereocenters. The molecule has 1 saturated heterocycles. The van der Waals surface area contributed by atoms with Gasteiger partial charge in [0.2, 0.25) is 5.91 Å². The van der Waals surface area contributed by atoms with Gasteiger partial charge in [0.15, 0.2) is 0 Å². The molecule has 7 heteroatoms. The topological polar surface area (TPSA) is 65.9 Å². The van der Waals surface area contributed by atoms with E-state index in [0.717, 1.165) is 32.5 Å². The van der Waals surface area contributed by atoms with Crippen molar-refractivity contribution in [1.29, 1.82) is 0 Å². The van der Waals surface area contributed by atoms with E-state index < -0.39 is 0 Å². The highest BCUT2D eigenvalue weighted by Crippen LogP contribution is 2.22. The number of quaternary nitrogens is 1. The molecule has 1 aliphatic heterocycles. The molecule has 1 aromatic rings. The predicted molar refractivity (Wildman–Crippen MR) is 104 cm³/mol. The summed E-state index contributed by atoms with van der Waals surface area (Å²) >= 11 is 0. The summed E-state index contributed by atoms with van der Waals surface area (Å²) in [5, 5.41) is 5.81. The van der Waals surface area contributed by atoms with Crippen molar-refractivity contribution >= 4 is 17.6 Å². The average molecular weight is 380 g/mol. The minimum atomic E-state index is -0.380. The Morgan fingerprint density at radius 1 is 1.37 bits per heavy atom. The van der Waals surface area contributed by atoms with E-state index in [1.807, 2.05) is 6.92 Å². The molecule has 1 aliphatic rings. The first-order chi connectivity index (χ1) is 12.9. The van der Waals surface area contributed by atoms with Crippen molar-refractivity contribution in [2.24, 2.45) is 0 Å². The Balaban J connectivity index is 1.75. The monoisotopic (exact) mass is 379 g/mol. The van der Waals surface area contributed by atoms with E-state index in [1.54, 1.807) is 17.0 Å². The van der Waals surface area contributed by atoms with Gasteiger partial charge < -0.3 is 20.4 Å². The summed E-state index contributed by atoms with van der Waals surface area (Å²) in [6, 6.07) is 5.51. The van der Waals surface area contributed by atoms with Crippen LogP contribution >= 0.6 is 0 Å². The molecule has 1 heterocycles. The summed E-state index contributed by atoms with van der Waals surface area (Å²) in [7, 11) is 0. The fourth-order valence-electron chi connectivity index (χ4n) is 3.48. The normalized spacial score (nSPS) is 18.0. The molecule has 2 rings (SSSR count). The van der Waals surface area contributed by atoms with Crippen LogP contribution in [0.2, 0.25) is 0 Å². The molecule has 1 aromatic carbocycles. The van der Waals surface area contributed by atoms with E-state index in [9.17, 15) is 14.0 Å². The number of hydrogen-bond donors (Lipinski definition) is 3. The van der Waals surface area contributed by atoms with Crippen molar-refractivity contribution < 1.29 is 18.9 Å². The number of carbonyl (C=O) groups is 2. The summed E-state index contributed by atoms with van der Waals surface area (Å²) in [5.41, 5.74) is 0.525. The van der Waals surface area contributed by atoms with E-state index in [0.29, 0.717) is 12.2 Å². The molecule has 1 fully saturated rings. The smallest absolute Gasteiger partial charge is 0.315 e. The van der Waals surface area contributed by atoms with Crippen LogP contribution in [0, 0.1) is 5.82 Å². The zero-order chi connectivity index (χ0) is 19.8. The van der Waals surface area contributed by atoms with Crippen LogP contribution in [0.3, 0.4) is 0 Å². The zero-order valence-electron chi connectivity index (χ0n) is 16.6. The second-order valence-electron chi connectivity index (χ2n) is 7.25. The van der Waals surface area contributed by atoms with Crippen LogP contribution in [0.15, 0.2) is 24.3 Å². The molecule has 0 saturated carbocycles. The van der Waals surface area contributed by atoms with Crippen molar-refractivity contribution in [2.75, 3.05) is 31.1 Å². The molecule has 0 bridgehead atoms. The molecule has 3 N–H and O–H groups in total.